The number of nitrogens with two attached hydrogens (primary N) is 1. The third-order valence-electron chi connectivity index (χ3n) is 12.6. The number of aromatic nitrogens is 4. The molecule has 4 N–H and O–H groups in total. The highest BCUT2D eigenvalue weighted by atomic mass is 16.5. The second-order valence-electron chi connectivity index (χ2n) is 16.6. The van der Waals surface area contributed by atoms with Crippen molar-refractivity contribution in [2.75, 3.05) is 70.0 Å². The number of piperazine rings is 1. The lowest BCUT2D eigenvalue weighted by Crippen LogP contribution is -2.52. The highest BCUT2D eigenvalue weighted by Crippen LogP contribution is 2.36. The summed E-state index contributed by atoms with van der Waals surface area (Å²) in [5, 5.41) is 11.7. The minimum atomic E-state index is -0.623. The van der Waals surface area contributed by atoms with Gasteiger partial charge in [-0.05, 0) is 93.7 Å². The second kappa shape index (κ2) is 18.3. The molecule has 4 amide bonds. The Morgan fingerprint density at radius 3 is 2.39 bits per heavy atom. The molecule has 322 valence electrons. The van der Waals surface area contributed by atoms with Gasteiger partial charge < -0.3 is 35.4 Å². The molecule has 4 aliphatic rings. The number of rotatable bonds is 14. The van der Waals surface area contributed by atoms with Gasteiger partial charge in [0.15, 0.2) is 5.65 Å². The number of nitrogens with zero attached hydrogens (tertiary/aromatic N) is 8. The molecule has 5 aromatic rings. The minimum absolute atomic E-state index is 0.0322. The third kappa shape index (κ3) is 8.83. The molecule has 3 fully saturated rings. The van der Waals surface area contributed by atoms with Gasteiger partial charge >= 0.3 is 0 Å². The number of nitrogen functional groups attached to an aromatic ring is 1. The van der Waals surface area contributed by atoms with Gasteiger partial charge in [0.05, 0.1) is 11.4 Å². The van der Waals surface area contributed by atoms with Gasteiger partial charge in [0.25, 0.3) is 5.91 Å². The van der Waals surface area contributed by atoms with Gasteiger partial charge in [-0.15, -0.1) is 0 Å². The van der Waals surface area contributed by atoms with E-state index < -0.39 is 11.9 Å². The number of carbonyl (C=O) groups excluding carboxylic acids is 4. The Labute approximate surface area is 360 Å². The first kappa shape index (κ1) is 41.0. The number of amides is 4. The molecule has 0 aliphatic carbocycles. The number of nitrogens with one attached hydrogen (secondary N) is 2. The molecule has 16 heteroatoms. The van der Waals surface area contributed by atoms with Gasteiger partial charge in [-0.1, -0.05) is 24.3 Å². The average Bonchev–Trinajstić information content (AvgIpc) is 3.85. The van der Waals surface area contributed by atoms with Crippen LogP contribution in [-0.4, -0.2) is 128 Å². The molecular formula is C46H53N11O5. The van der Waals surface area contributed by atoms with Crippen molar-refractivity contribution in [1.82, 2.24) is 44.7 Å². The summed E-state index contributed by atoms with van der Waals surface area (Å²) >= 11 is 0. The number of para-hydroxylation sites is 1. The minimum Gasteiger partial charge on any atom is -0.457 e. The van der Waals surface area contributed by atoms with Crippen molar-refractivity contribution in [3.8, 4) is 22.8 Å². The van der Waals surface area contributed by atoms with Crippen molar-refractivity contribution in [3.05, 3.63) is 90.3 Å². The first-order chi connectivity index (χ1) is 30.3. The van der Waals surface area contributed by atoms with E-state index in [9.17, 15) is 19.2 Å². The zero-order valence-corrected chi connectivity index (χ0v) is 34.9. The molecular weight excluding hydrogens is 787 g/mol. The van der Waals surface area contributed by atoms with E-state index in [1.165, 1.54) is 6.33 Å². The van der Waals surface area contributed by atoms with E-state index in [1.807, 2.05) is 82.4 Å². The smallest absolute Gasteiger partial charge is 0.255 e. The molecule has 0 saturated carbocycles. The number of imide groups is 1. The van der Waals surface area contributed by atoms with Gasteiger partial charge in [0, 0.05) is 87.6 Å². The summed E-state index contributed by atoms with van der Waals surface area (Å²) in [6, 6.07) is 22.4. The molecule has 0 radical (unpaired) electrons. The molecule has 6 heterocycles. The SMILES string of the molecule is Nc1ncnc2c1c(-c1ccc(Oc3ccccc3)cc1)nn2[C@@H]1CCCN(C(=O)CCCN2CCN(CCCNc3cccc4c3CN(C3CCC(=O)NC3=O)C4=O)CC2)C1. The van der Waals surface area contributed by atoms with Crippen LogP contribution in [-0.2, 0) is 20.9 Å². The van der Waals surface area contributed by atoms with Crippen molar-refractivity contribution < 1.29 is 23.9 Å². The van der Waals surface area contributed by atoms with E-state index in [-0.39, 0.29) is 30.2 Å². The summed E-state index contributed by atoms with van der Waals surface area (Å²) in [6.45, 7) is 8.20. The van der Waals surface area contributed by atoms with Gasteiger partial charge in [-0.2, -0.15) is 5.10 Å². The topological polar surface area (TPSA) is 184 Å². The number of hydrogen-bond donors (Lipinski definition) is 3. The third-order valence-corrected chi connectivity index (χ3v) is 12.6. The van der Waals surface area contributed by atoms with Crippen LogP contribution in [0, 0.1) is 0 Å². The van der Waals surface area contributed by atoms with E-state index in [2.05, 4.69) is 30.4 Å². The van der Waals surface area contributed by atoms with E-state index in [0.29, 0.717) is 54.0 Å². The Morgan fingerprint density at radius 1 is 0.855 bits per heavy atom. The molecule has 3 saturated heterocycles. The van der Waals surface area contributed by atoms with Crippen LogP contribution < -0.4 is 21.1 Å². The number of benzene rings is 3. The zero-order valence-electron chi connectivity index (χ0n) is 34.9. The quantitative estimate of drug-likeness (QED) is 0.104. The molecule has 3 aromatic carbocycles. The number of likely N-dealkylation sites (tertiary alicyclic amines) is 1. The van der Waals surface area contributed by atoms with Crippen molar-refractivity contribution in [2.24, 2.45) is 0 Å². The monoisotopic (exact) mass is 839 g/mol. The number of piperidine rings is 2. The van der Waals surface area contributed by atoms with Gasteiger partial charge in [0.1, 0.15) is 35.4 Å². The summed E-state index contributed by atoms with van der Waals surface area (Å²) in [7, 11) is 0. The number of carbonyl (C=O) groups is 4. The fourth-order valence-electron chi connectivity index (χ4n) is 9.26. The second-order valence-corrected chi connectivity index (χ2v) is 16.6. The lowest BCUT2D eigenvalue weighted by Gasteiger charge is -2.35. The predicted octanol–water partition coefficient (Wildman–Crippen LogP) is 4.69. The van der Waals surface area contributed by atoms with Crippen LogP contribution in [0.25, 0.3) is 22.3 Å². The fraction of sp³-hybridized carbons (Fsp3) is 0.413. The van der Waals surface area contributed by atoms with Crippen molar-refractivity contribution in [2.45, 2.75) is 63.6 Å². The Bertz CT molecular complexity index is 2430. The maximum absolute atomic E-state index is 13.6. The Kier molecular flexibility index (Phi) is 12.1. The number of anilines is 2. The summed E-state index contributed by atoms with van der Waals surface area (Å²) in [4.78, 5) is 68.3. The molecule has 9 rings (SSSR count). The van der Waals surface area contributed by atoms with E-state index >= 15 is 0 Å². The van der Waals surface area contributed by atoms with Crippen LogP contribution in [0.2, 0.25) is 0 Å². The first-order valence-electron chi connectivity index (χ1n) is 21.8. The molecule has 4 aliphatic heterocycles. The molecule has 0 bridgehead atoms. The highest BCUT2D eigenvalue weighted by molar-refractivity contribution is 6.06. The highest BCUT2D eigenvalue weighted by Gasteiger charge is 2.40. The van der Waals surface area contributed by atoms with Crippen LogP contribution in [0.1, 0.15) is 66.9 Å². The fourth-order valence-corrected chi connectivity index (χ4v) is 9.26. The van der Waals surface area contributed by atoms with E-state index in [0.717, 1.165) is 106 Å². The first-order valence-corrected chi connectivity index (χ1v) is 21.8. The average molecular weight is 840 g/mol. The maximum atomic E-state index is 13.6. The predicted molar refractivity (Wildman–Crippen MR) is 234 cm³/mol. The zero-order chi connectivity index (χ0) is 42.6. The summed E-state index contributed by atoms with van der Waals surface area (Å²) in [5.74, 6) is 1.18. The lowest BCUT2D eigenvalue weighted by atomic mass is 10.0. The number of ether oxygens (including phenoxy) is 1. The van der Waals surface area contributed by atoms with Crippen LogP contribution >= 0.6 is 0 Å². The standard InChI is InChI=1S/C46H53N11O5/c47-43-41-42(31-14-16-34(17-15-31)62-33-9-2-1-3-10-33)52-57(44(41)50-30-49-43)32-8-5-23-55(28-32)40(59)13-6-21-53-24-26-54(27-25-53)22-7-20-48-37-12-4-11-35-36(37)29-56(46(35)61)38-18-19-39(58)51-45(38)60/h1-4,9-12,14-17,30,32,38,48H,5-8,13,18-29H2,(H2,47,49,50)(H,51,58,60)/t32-,38?/m1/s1. The van der Waals surface area contributed by atoms with Gasteiger partial charge in [-0.3, -0.25) is 24.5 Å². The van der Waals surface area contributed by atoms with E-state index in [4.69, 9.17) is 15.6 Å². The molecule has 0 spiro atoms. The summed E-state index contributed by atoms with van der Waals surface area (Å²) in [5.41, 5.74) is 11.1. The number of hydrogen-bond acceptors (Lipinski definition) is 12. The normalized spacial score (nSPS) is 19.8. The van der Waals surface area contributed by atoms with Crippen molar-refractivity contribution >= 4 is 46.2 Å². The molecule has 62 heavy (non-hydrogen) atoms. The molecule has 1 unspecified atom stereocenters. The van der Waals surface area contributed by atoms with Crippen LogP contribution in [0.15, 0.2) is 79.1 Å². The summed E-state index contributed by atoms with van der Waals surface area (Å²) < 4.78 is 7.95. The lowest BCUT2D eigenvalue weighted by molar-refractivity contribution is -0.137. The Morgan fingerprint density at radius 2 is 1.61 bits per heavy atom. The van der Waals surface area contributed by atoms with Crippen LogP contribution in [0.4, 0.5) is 11.5 Å². The Hall–Kier alpha value is -6.39. The van der Waals surface area contributed by atoms with Gasteiger partial charge in [-0.25, -0.2) is 14.6 Å². The van der Waals surface area contributed by atoms with Crippen molar-refractivity contribution in [3.63, 3.8) is 0 Å². The largest absolute Gasteiger partial charge is 0.457 e. The van der Waals surface area contributed by atoms with Crippen molar-refractivity contribution in [1.29, 1.82) is 0 Å². The molecule has 16 nitrogen and oxygen atoms in total. The van der Waals surface area contributed by atoms with E-state index in [1.54, 1.807) is 4.90 Å². The molecule has 2 aromatic heterocycles. The summed E-state index contributed by atoms with van der Waals surface area (Å²) in [6.07, 6.45) is 6.11. The maximum Gasteiger partial charge on any atom is 0.255 e. The van der Waals surface area contributed by atoms with Crippen LogP contribution in [0.5, 0.6) is 11.5 Å². The Balaban J connectivity index is 0.716. The van der Waals surface area contributed by atoms with Gasteiger partial charge in [0.2, 0.25) is 17.7 Å². The number of fused-ring (bicyclic) bond motifs is 2. The molecule has 2 atom stereocenters. The van der Waals surface area contributed by atoms with Crippen LogP contribution in [0.3, 0.4) is 0 Å².